The summed E-state index contributed by atoms with van der Waals surface area (Å²) in [5.74, 6) is -0.109. The fourth-order valence-electron chi connectivity index (χ4n) is 3.77. The third-order valence-corrected chi connectivity index (χ3v) is 6.12. The molecule has 0 saturated carbocycles. The summed E-state index contributed by atoms with van der Waals surface area (Å²) in [6.45, 7) is 2.78. The molecule has 2 amide bonds. The molecule has 1 aliphatic heterocycles. The van der Waals surface area contributed by atoms with Crippen LogP contribution < -0.4 is 15.1 Å². The van der Waals surface area contributed by atoms with E-state index in [1.54, 1.807) is 11.1 Å². The minimum absolute atomic E-state index is 0.0586. The van der Waals surface area contributed by atoms with E-state index in [4.69, 9.17) is 16.3 Å². The van der Waals surface area contributed by atoms with Gasteiger partial charge in [0, 0.05) is 29.2 Å². The second-order valence-electron chi connectivity index (χ2n) is 8.11. The Bertz CT molecular complexity index is 1190. The van der Waals surface area contributed by atoms with Gasteiger partial charge in [0.05, 0.1) is 12.1 Å². The van der Waals surface area contributed by atoms with Gasteiger partial charge in [-0.3, -0.25) is 9.59 Å². The first-order valence-electron chi connectivity index (χ1n) is 11.2. The second-order valence-corrected chi connectivity index (χ2v) is 8.52. The molecule has 0 bridgehead atoms. The van der Waals surface area contributed by atoms with Crippen molar-refractivity contribution < 1.29 is 14.3 Å². The highest BCUT2D eigenvalue weighted by atomic mass is 35.5. The molecule has 1 aliphatic rings. The number of carbonyl (C=O) groups is 2. The Kier molecular flexibility index (Phi) is 7.60. The standard InChI is InChI=1S/C27H26ClN3O3/c1-2-19-10-12-23(13-11-19)31-17-22(15-26(31)32)27(33)30-29-16-20-6-5-8-24(14-20)34-18-21-7-3-4-9-25(21)28/h3-14,16,22H,2,15,17-18H2,1H3,(H,30,33)/b29-16+/t22-/m1/s1. The molecule has 6 nitrogen and oxygen atoms in total. The third kappa shape index (κ3) is 5.83. The van der Waals surface area contributed by atoms with Crippen LogP contribution in [0.25, 0.3) is 0 Å². The molecule has 0 aliphatic carbocycles. The predicted octanol–water partition coefficient (Wildman–Crippen LogP) is 4.98. The molecule has 3 aromatic carbocycles. The Balaban J connectivity index is 1.31. The van der Waals surface area contributed by atoms with Gasteiger partial charge in [-0.1, -0.05) is 61.0 Å². The molecule has 1 N–H and O–H groups in total. The first-order chi connectivity index (χ1) is 16.5. The second kappa shape index (κ2) is 11.0. The van der Waals surface area contributed by atoms with Gasteiger partial charge in [0.25, 0.3) is 0 Å². The molecular weight excluding hydrogens is 450 g/mol. The van der Waals surface area contributed by atoms with Crippen molar-refractivity contribution in [2.75, 3.05) is 11.4 Å². The molecule has 1 atom stereocenters. The number of carbonyl (C=O) groups excluding carboxylic acids is 2. The van der Waals surface area contributed by atoms with E-state index in [-0.39, 0.29) is 18.2 Å². The SMILES string of the molecule is CCc1ccc(N2C[C@H](C(=O)N/N=C/c3cccc(OCc4ccccc4Cl)c3)CC2=O)cc1. The fraction of sp³-hybridized carbons (Fsp3) is 0.222. The van der Waals surface area contributed by atoms with Crippen molar-refractivity contribution in [3.63, 3.8) is 0 Å². The van der Waals surface area contributed by atoms with Crippen molar-refractivity contribution in [2.24, 2.45) is 11.0 Å². The Morgan fingerprint density at radius 1 is 1.15 bits per heavy atom. The van der Waals surface area contributed by atoms with Gasteiger partial charge >= 0.3 is 0 Å². The van der Waals surface area contributed by atoms with Gasteiger partial charge in [-0.2, -0.15) is 5.10 Å². The fourth-order valence-corrected chi connectivity index (χ4v) is 3.96. The van der Waals surface area contributed by atoms with Crippen LogP contribution in [0.5, 0.6) is 5.75 Å². The van der Waals surface area contributed by atoms with Crippen LogP contribution in [0.4, 0.5) is 5.69 Å². The zero-order chi connectivity index (χ0) is 23.9. The van der Waals surface area contributed by atoms with E-state index in [0.717, 1.165) is 23.2 Å². The zero-order valence-electron chi connectivity index (χ0n) is 18.9. The van der Waals surface area contributed by atoms with Crippen LogP contribution in [0.1, 0.15) is 30.0 Å². The highest BCUT2D eigenvalue weighted by Crippen LogP contribution is 2.25. The van der Waals surface area contributed by atoms with Crippen LogP contribution in [0, 0.1) is 5.92 Å². The molecule has 4 rings (SSSR count). The van der Waals surface area contributed by atoms with Gasteiger partial charge < -0.3 is 9.64 Å². The number of nitrogens with one attached hydrogen (secondary N) is 1. The number of hydrazone groups is 1. The molecule has 34 heavy (non-hydrogen) atoms. The lowest BCUT2D eigenvalue weighted by Gasteiger charge is -2.16. The first kappa shape index (κ1) is 23.5. The van der Waals surface area contributed by atoms with E-state index >= 15 is 0 Å². The number of anilines is 1. The zero-order valence-corrected chi connectivity index (χ0v) is 19.7. The summed E-state index contributed by atoms with van der Waals surface area (Å²) in [4.78, 5) is 26.7. The van der Waals surface area contributed by atoms with Crippen LogP contribution in [-0.2, 0) is 22.6 Å². The highest BCUT2D eigenvalue weighted by Gasteiger charge is 2.35. The monoisotopic (exact) mass is 475 g/mol. The molecule has 7 heteroatoms. The molecule has 0 unspecified atom stereocenters. The largest absolute Gasteiger partial charge is 0.489 e. The van der Waals surface area contributed by atoms with Crippen molar-refractivity contribution in [2.45, 2.75) is 26.4 Å². The van der Waals surface area contributed by atoms with Crippen molar-refractivity contribution >= 4 is 35.3 Å². The summed E-state index contributed by atoms with van der Waals surface area (Å²) >= 11 is 6.17. The number of benzene rings is 3. The van der Waals surface area contributed by atoms with Gasteiger partial charge in [-0.25, -0.2) is 5.43 Å². The minimum atomic E-state index is -0.444. The lowest BCUT2D eigenvalue weighted by molar-refractivity contribution is -0.126. The van der Waals surface area contributed by atoms with E-state index in [1.807, 2.05) is 72.8 Å². The van der Waals surface area contributed by atoms with Crippen LogP contribution in [0.15, 0.2) is 77.9 Å². The summed E-state index contributed by atoms with van der Waals surface area (Å²) in [7, 11) is 0. The summed E-state index contributed by atoms with van der Waals surface area (Å²) in [6.07, 6.45) is 2.66. The molecule has 1 fully saturated rings. The van der Waals surface area contributed by atoms with Crippen LogP contribution in [0.2, 0.25) is 5.02 Å². The van der Waals surface area contributed by atoms with Gasteiger partial charge in [0.15, 0.2) is 0 Å². The maximum Gasteiger partial charge on any atom is 0.245 e. The summed E-state index contributed by atoms with van der Waals surface area (Å²) < 4.78 is 5.83. The van der Waals surface area contributed by atoms with Gasteiger partial charge in [-0.05, 0) is 47.9 Å². The molecule has 0 spiro atoms. The smallest absolute Gasteiger partial charge is 0.245 e. The maximum absolute atomic E-state index is 12.6. The quantitative estimate of drug-likeness (QED) is 0.369. The Hall–Kier alpha value is -3.64. The topological polar surface area (TPSA) is 71.0 Å². The number of aryl methyl sites for hydroxylation is 1. The summed E-state index contributed by atoms with van der Waals surface area (Å²) in [5.41, 5.74) is 6.26. The third-order valence-electron chi connectivity index (χ3n) is 5.75. The number of halogens is 1. The van der Waals surface area contributed by atoms with E-state index in [0.29, 0.717) is 23.9 Å². The molecule has 0 radical (unpaired) electrons. The van der Waals surface area contributed by atoms with Crippen molar-refractivity contribution in [1.29, 1.82) is 0 Å². The van der Waals surface area contributed by atoms with E-state index in [2.05, 4.69) is 17.5 Å². The van der Waals surface area contributed by atoms with Crippen LogP contribution in [-0.4, -0.2) is 24.6 Å². The van der Waals surface area contributed by atoms with Gasteiger partial charge in [0.1, 0.15) is 12.4 Å². The molecule has 0 aromatic heterocycles. The summed E-state index contributed by atoms with van der Waals surface area (Å²) in [5, 5.41) is 4.73. The normalized spacial score (nSPS) is 15.6. The van der Waals surface area contributed by atoms with E-state index < -0.39 is 5.92 Å². The first-order valence-corrected chi connectivity index (χ1v) is 11.6. The number of hydrogen-bond acceptors (Lipinski definition) is 4. The average molecular weight is 476 g/mol. The number of ether oxygens (including phenoxy) is 1. The number of nitrogens with zero attached hydrogens (tertiary/aromatic N) is 2. The molecule has 174 valence electrons. The maximum atomic E-state index is 12.6. The van der Waals surface area contributed by atoms with Crippen molar-refractivity contribution in [3.8, 4) is 5.75 Å². The number of hydrogen-bond donors (Lipinski definition) is 1. The lowest BCUT2D eigenvalue weighted by atomic mass is 10.1. The van der Waals surface area contributed by atoms with E-state index in [1.165, 1.54) is 5.56 Å². The van der Waals surface area contributed by atoms with Gasteiger partial charge in [-0.15, -0.1) is 0 Å². The highest BCUT2D eigenvalue weighted by molar-refractivity contribution is 6.31. The number of rotatable bonds is 8. The summed E-state index contributed by atoms with van der Waals surface area (Å²) in [6, 6.07) is 22.8. The molecule has 1 heterocycles. The predicted molar refractivity (Wildman–Crippen MR) is 134 cm³/mol. The van der Waals surface area contributed by atoms with Gasteiger partial charge in [0.2, 0.25) is 11.8 Å². The van der Waals surface area contributed by atoms with Crippen molar-refractivity contribution in [3.05, 3.63) is 94.5 Å². The average Bonchev–Trinajstić information content (AvgIpc) is 3.25. The molecular formula is C27H26ClN3O3. The molecule has 3 aromatic rings. The van der Waals surface area contributed by atoms with Crippen LogP contribution >= 0.6 is 11.6 Å². The van der Waals surface area contributed by atoms with E-state index in [9.17, 15) is 9.59 Å². The van der Waals surface area contributed by atoms with Crippen LogP contribution in [0.3, 0.4) is 0 Å². The lowest BCUT2D eigenvalue weighted by Crippen LogP contribution is -2.30. The Labute approximate surface area is 204 Å². The molecule has 1 saturated heterocycles. The Morgan fingerprint density at radius 3 is 2.71 bits per heavy atom. The van der Waals surface area contributed by atoms with Crippen molar-refractivity contribution in [1.82, 2.24) is 5.43 Å². The Morgan fingerprint density at radius 2 is 1.94 bits per heavy atom. The minimum Gasteiger partial charge on any atom is -0.489 e. The number of amides is 2.